The van der Waals surface area contributed by atoms with Crippen molar-refractivity contribution in [2.24, 2.45) is 0 Å². The summed E-state index contributed by atoms with van der Waals surface area (Å²) < 4.78 is 17.1. The van der Waals surface area contributed by atoms with Crippen LogP contribution in [-0.4, -0.2) is 31.1 Å². The van der Waals surface area contributed by atoms with Crippen LogP contribution in [0.1, 0.15) is 13.8 Å². The summed E-state index contributed by atoms with van der Waals surface area (Å²) in [6.45, 7) is 5.38. The Bertz CT molecular complexity index is 286. The van der Waals surface area contributed by atoms with Gasteiger partial charge in [0.25, 0.3) is 0 Å². The maximum atomic E-state index is 5.45. The minimum atomic E-state index is -0.333. The number of hydrogen-bond donors (Lipinski definition) is 0. The fourth-order valence-corrected chi connectivity index (χ4v) is 1.35. The van der Waals surface area contributed by atoms with E-state index < -0.39 is 0 Å². The summed E-state index contributed by atoms with van der Waals surface area (Å²) in [5.74, 6) is 0.563. The highest BCUT2D eigenvalue weighted by atomic mass is 79.9. The summed E-state index contributed by atoms with van der Waals surface area (Å²) in [5, 5.41) is 0. The van der Waals surface area contributed by atoms with Gasteiger partial charge in [-0.1, -0.05) is 0 Å². The smallest absolute Gasteiger partial charge is 0.213 e. The normalized spacial score (nSPS) is 10.8. The number of nitrogens with zero attached hydrogens (tertiary/aromatic N) is 1. The Morgan fingerprint density at radius 3 is 2.44 bits per heavy atom. The molecule has 0 N–H and O–H groups in total. The fraction of sp³-hybridized carbons (Fsp3) is 0.545. The molecule has 0 aromatic carbocycles. The lowest BCUT2D eigenvalue weighted by Crippen LogP contribution is -2.25. The van der Waals surface area contributed by atoms with Crippen molar-refractivity contribution in [3.63, 3.8) is 0 Å². The van der Waals surface area contributed by atoms with Gasteiger partial charge in [-0.15, -0.1) is 0 Å². The van der Waals surface area contributed by atoms with Gasteiger partial charge in [0.1, 0.15) is 6.61 Å². The lowest BCUT2D eigenvalue weighted by Gasteiger charge is -2.16. The SMILES string of the molecule is CCOC(COc1ccc(Br)cn1)OCC. The first-order chi connectivity index (χ1) is 7.76. The summed E-state index contributed by atoms with van der Waals surface area (Å²) in [6, 6.07) is 3.66. The molecule has 0 atom stereocenters. The summed E-state index contributed by atoms with van der Waals surface area (Å²) in [4.78, 5) is 4.09. The molecule has 0 aliphatic rings. The van der Waals surface area contributed by atoms with Gasteiger partial charge in [-0.3, -0.25) is 0 Å². The quantitative estimate of drug-likeness (QED) is 0.724. The molecule has 0 aliphatic heterocycles. The Balaban J connectivity index is 2.38. The molecule has 0 saturated heterocycles. The van der Waals surface area contributed by atoms with Crippen molar-refractivity contribution in [2.45, 2.75) is 20.1 Å². The summed E-state index contributed by atoms with van der Waals surface area (Å²) in [6.07, 6.45) is 1.35. The molecule has 1 rings (SSSR count). The maximum Gasteiger partial charge on any atom is 0.213 e. The van der Waals surface area contributed by atoms with E-state index >= 15 is 0 Å². The predicted molar refractivity (Wildman–Crippen MR) is 64.5 cm³/mol. The first kappa shape index (κ1) is 13.4. The monoisotopic (exact) mass is 289 g/mol. The topological polar surface area (TPSA) is 40.6 Å². The van der Waals surface area contributed by atoms with E-state index in [4.69, 9.17) is 14.2 Å². The van der Waals surface area contributed by atoms with Crippen molar-refractivity contribution in [2.75, 3.05) is 19.8 Å². The van der Waals surface area contributed by atoms with E-state index in [1.807, 2.05) is 19.9 Å². The second kappa shape index (κ2) is 7.60. The van der Waals surface area contributed by atoms with Crippen LogP contribution in [0.2, 0.25) is 0 Å². The first-order valence-corrected chi connectivity index (χ1v) is 6.03. The average Bonchev–Trinajstić information content (AvgIpc) is 2.29. The second-order valence-corrected chi connectivity index (χ2v) is 3.88. The third-order valence-corrected chi connectivity index (χ3v) is 2.24. The number of halogens is 1. The molecule has 0 saturated carbocycles. The molecule has 90 valence electrons. The van der Waals surface area contributed by atoms with Crippen molar-refractivity contribution >= 4 is 15.9 Å². The third kappa shape index (κ3) is 4.92. The average molecular weight is 290 g/mol. The Hall–Kier alpha value is -0.650. The minimum absolute atomic E-state index is 0.333. The van der Waals surface area contributed by atoms with Gasteiger partial charge in [0, 0.05) is 29.9 Å². The molecule has 0 unspecified atom stereocenters. The van der Waals surface area contributed by atoms with Crippen molar-refractivity contribution in [3.05, 3.63) is 22.8 Å². The van der Waals surface area contributed by atoms with Gasteiger partial charge in [-0.25, -0.2) is 4.98 Å². The van der Waals surface area contributed by atoms with Gasteiger partial charge >= 0.3 is 0 Å². The number of pyridine rings is 1. The standard InChI is InChI=1S/C11H16BrNO3/c1-3-14-11(15-4-2)8-16-10-6-5-9(12)7-13-10/h5-7,11H,3-4,8H2,1-2H3. The van der Waals surface area contributed by atoms with Gasteiger partial charge in [0.05, 0.1) is 0 Å². The van der Waals surface area contributed by atoms with E-state index in [1.54, 1.807) is 12.3 Å². The largest absolute Gasteiger partial charge is 0.472 e. The van der Waals surface area contributed by atoms with Gasteiger partial charge in [-0.05, 0) is 35.8 Å². The minimum Gasteiger partial charge on any atom is -0.472 e. The van der Waals surface area contributed by atoms with Gasteiger partial charge in [0.2, 0.25) is 5.88 Å². The van der Waals surface area contributed by atoms with Crippen molar-refractivity contribution in [3.8, 4) is 5.88 Å². The predicted octanol–water partition coefficient (Wildman–Crippen LogP) is 2.62. The van der Waals surface area contributed by atoms with Crippen LogP contribution >= 0.6 is 15.9 Å². The molecule has 0 fully saturated rings. The molecule has 1 heterocycles. The van der Waals surface area contributed by atoms with Gasteiger partial charge in [0.15, 0.2) is 6.29 Å². The summed E-state index contributed by atoms with van der Waals surface area (Å²) in [7, 11) is 0. The molecule has 0 bridgehead atoms. The van der Waals surface area contributed by atoms with Crippen LogP contribution in [0.3, 0.4) is 0 Å². The van der Waals surface area contributed by atoms with Crippen LogP contribution < -0.4 is 4.74 Å². The maximum absolute atomic E-state index is 5.45. The van der Waals surface area contributed by atoms with E-state index in [0.717, 1.165) is 4.47 Å². The van der Waals surface area contributed by atoms with Crippen molar-refractivity contribution in [1.82, 2.24) is 4.98 Å². The Morgan fingerprint density at radius 2 is 1.94 bits per heavy atom. The van der Waals surface area contributed by atoms with Crippen molar-refractivity contribution < 1.29 is 14.2 Å². The molecule has 5 heteroatoms. The Labute approximate surface area is 104 Å². The number of hydrogen-bond acceptors (Lipinski definition) is 4. The lowest BCUT2D eigenvalue weighted by atomic mass is 10.5. The lowest BCUT2D eigenvalue weighted by molar-refractivity contribution is -0.152. The highest BCUT2D eigenvalue weighted by Crippen LogP contribution is 2.12. The van der Waals surface area contributed by atoms with E-state index in [-0.39, 0.29) is 6.29 Å². The molecular formula is C11H16BrNO3. The van der Waals surface area contributed by atoms with Crippen molar-refractivity contribution in [1.29, 1.82) is 0 Å². The molecule has 0 radical (unpaired) electrons. The van der Waals surface area contributed by atoms with E-state index in [9.17, 15) is 0 Å². The van der Waals surface area contributed by atoms with Crippen LogP contribution in [0.15, 0.2) is 22.8 Å². The molecular weight excluding hydrogens is 274 g/mol. The van der Waals surface area contributed by atoms with E-state index in [1.165, 1.54) is 0 Å². The number of aromatic nitrogens is 1. The molecule has 1 aromatic heterocycles. The number of ether oxygens (including phenoxy) is 3. The second-order valence-electron chi connectivity index (χ2n) is 2.97. The molecule has 4 nitrogen and oxygen atoms in total. The zero-order chi connectivity index (χ0) is 11.8. The van der Waals surface area contributed by atoms with Crippen LogP contribution in [-0.2, 0) is 9.47 Å². The molecule has 0 aliphatic carbocycles. The summed E-state index contributed by atoms with van der Waals surface area (Å²) >= 11 is 3.31. The molecule has 16 heavy (non-hydrogen) atoms. The molecule has 0 spiro atoms. The van der Waals surface area contributed by atoms with Gasteiger partial charge < -0.3 is 14.2 Å². The van der Waals surface area contributed by atoms with Crippen LogP contribution in [0.25, 0.3) is 0 Å². The zero-order valence-electron chi connectivity index (χ0n) is 9.48. The number of rotatable bonds is 7. The summed E-state index contributed by atoms with van der Waals surface area (Å²) in [5.41, 5.74) is 0. The first-order valence-electron chi connectivity index (χ1n) is 5.23. The highest BCUT2D eigenvalue weighted by Gasteiger charge is 2.08. The van der Waals surface area contributed by atoms with Crippen LogP contribution in [0.5, 0.6) is 5.88 Å². The zero-order valence-corrected chi connectivity index (χ0v) is 11.1. The van der Waals surface area contributed by atoms with Crippen LogP contribution in [0.4, 0.5) is 0 Å². The molecule has 0 amide bonds. The van der Waals surface area contributed by atoms with Crippen LogP contribution in [0, 0.1) is 0 Å². The molecule has 1 aromatic rings. The Kier molecular flexibility index (Phi) is 6.37. The highest BCUT2D eigenvalue weighted by molar-refractivity contribution is 9.10. The Morgan fingerprint density at radius 1 is 1.25 bits per heavy atom. The van der Waals surface area contributed by atoms with Gasteiger partial charge in [-0.2, -0.15) is 0 Å². The van der Waals surface area contributed by atoms with E-state index in [0.29, 0.717) is 25.7 Å². The fourth-order valence-electron chi connectivity index (χ4n) is 1.12. The third-order valence-electron chi connectivity index (χ3n) is 1.77. The van der Waals surface area contributed by atoms with E-state index in [2.05, 4.69) is 20.9 Å².